The van der Waals surface area contributed by atoms with Crippen molar-refractivity contribution in [2.24, 2.45) is 0 Å². The second-order valence-electron chi connectivity index (χ2n) is 6.06. The first-order chi connectivity index (χ1) is 10.0. The molecule has 1 unspecified atom stereocenters. The van der Waals surface area contributed by atoms with E-state index in [0.717, 1.165) is 12.0 Å². The fourth-order valence-corrected chi connectivity index (χ4v) is 2.23. The minimum atomic E-state index is -0.00747. The molecule has 0 bridgehead atoms. The summed E-state index contributed by atoms with van der Waals surface area (Å²) >= 11 is 0. The second-order valence-corrected chi connectivity index (χ2v) is 6.06. The molecule has 0 fully saturated rings. The van der Waals surface area contributed by atoms with Crippen LogP contribution in [0.1, 0.15) is 70.4 Å². The van der Waals surface area contributed by atoms with Crippen LogP contribution in [0.3, 0.4) is 0 Å². The van der Waals surface area contributed by atoms with Crippen LogP contribution in [-0.2, 0) is 4.79 Å². The first-order valence-electron chi connectivity index (χ1n) is 8.11. The lowest BCUT2D eigenvalue weighted by molar-refractivity contribution is -0.117. The van der Waals surface area contributed by atoms with Crippen LogP contribution in [-0.4, -0.2) is 11.9 Å². The van der Waals surface area contributed by atoms with Crippen LogP contribution >= 0.6 is 0 Å². The highest BCUT2D eigenvalue weighted by molar-refractivity contribution is 5.91. The van der Waals surface area contributed by atoms with Crippen molar-refractivity contribution in [3.05, 3.63) is 41.5 Å². The second kappa shape index (κ2) is 9.38. The van der Waals surface area contributed by atoms with Crippen molar-refractivity contribution in [1.29, 1.82) is 0 Å². The monoisotopic (exact) mass is 287 g/mol. The molecule has 0 aromatic heterocycles. The fraction of sp³-hybridized carbons (Fsp3) is 0.526. The molecule has 0 saturated heterocycles. The molecule has 1 aromatic carbocycles. The van der Waals surface area contributed by atoms with Crippen molar-refractivity contribution in [2.75, 3.05) is 0 Å². The summed E-state index contributed by atoms with van der Waals surface area (Å²) in [4.78, 5) is 11.8. The van der Waals surface area contributed by atoms with Gasteiger partial charge in [0.05, 0.1) is 0 Å². The molecule has 1 rings (SSSR count). The Balaban J connectivity index is 2.42. The molecule has 0 spiro atoms. The van der Waals surface area contributed by atoms with Gasteiger partial charge < -0.3 is 5.32 Å². The van der Waals surface area contributed by atoms with Crippen LogP contribution in [0.25, 0.3) is 6.08 Å². The molecule has 1 atom stereocenters. The van der Waals surface area contributed by atoms with Gasteiger partial charge in [-0.3, -0.25) is 4.79 Å². The van der Waals surface area contributed by atoms with Crippen molar-refractivity contribution in [3.8, 4) is 0 Å². The van der Waals surface area contributed by atoms with E-state index in [4.69, 9.17) is 0 Å². The van der Waals surface area contributed by atoms with Gasteiger partial charge in [-0.2, -0.15) is 0 Å². The van der Waals surface area contributed by atoms with E-state index >= 15 is 0 Å². The summed E-state index contributed by atoms with van der Waals surface area (Å²) < 4.78 is 0. The number of benzene rings is 1. The summed E-state index contributed by atoms with van der Waals surface area (Å²) in [7, 11) is 0. The van der Waals surface area contributed by atoms with Gasteiger partial charge in [0.25, 0.3) is 0 Å². The average molecular weight is 287 g/mol. The zero-order valence-electron chi connectivity index (χ0n) is 13.9. The van der Waals surface area contributed by atoms with Gasteiger partial charge in [-0.05, 0) is 36.5 Å². The maximum atomic E-state index is 11.8. The van der Waals surface area contributed by atoms with E-state index in [0.29, 0.717) is 5.92 Å². The fourth-order valence-electron chi connectivity index (χ4n) is 2.23. The number of unbranched alkanes of at least 4 members (excludes halogenated alkanes) is 2. The molecule has 21 heavy (non-hydrogen) atoms. The molecule has 0 radical (unpaired) electrons. The number of amides is 1. The van der Waals surface area contributed by atoms with E-state index in [1.165, 1.54) is 24.8 Å². The minimum absolute atomic E-state index is 0.00747. The molecule has 1 aromatic rings. The van der Waals surface area contributed by atoms with Crippen LogP contribution in [0, 0.1) is 0 Å². The van der Waals surface area contributed by atoms with Crippen LogP contribution in [0.4, 0.5) is 0 Å². The Morgan fingerprint density at radius 1 is 1.14 bits per heavy atom. The molecule has 0 aliphatic rings. The van der Waals surface area contributed by atoms with Crippen LogP contribution in [0.15, 0.2) is 30.3 Å². The average Bonchev–Trinajstić information content (AvgIpc) is 2.46. The summed E-state index contributed by atoms with van der Waals surface area (Å²) in [6.07, 6.45) is 8.18. The molecule has 0 aliphatic carbocycles. The number of rotatable bonds is 8. The van der Waals surface area contributed by atoms with Gasteiger partial charge in [-0.1, -0.05) is 64.3 Å². The van der Waals surface area contributed by atoms with Crippen molar-refractivity contribution in [1.82, 2.24) is 5.32 Å². The molecular formula is C19H29NO. The van der Waals surface area contributed by atoms with Crippen molar-refractivity contribution < 1.29 is 4.79 Å². The van der Waals surface area contributed by atoms with Crippen molar-refractivity contribution in [2.45, 2.75) is 65.3 Å². The molecule has 2 nitrogen and oxygen atoms in total. The summed E-state index contributed by atoms with van der Waals surface area (Å²) in [5.41, 5.74) is 2.38. The lowest BCUT2D eigenvalue weighted by Crippen LogP contribution is -2.30. The molecular weight excluding hydrogens is 258 g/mol. The highest BCUT2D eigenvalue weighted by Crippen LogP contribution is 2.15. The van der Waals surface area contributed by atoms with E-state index in [1.807, 2.05) is 6.08 Å². The van der Waals surface area contributed by atoms with Gasteiger partial charge in [0.1, 0.15) is 0 Å². The predicted octanol–water partition coefficient (Wildman–Crippen LogP) is 4.91. The first kappa shape index (κ1) is 17.5. The van der Waals surface area contributed by atoms with Gasteiger partial charge in [-0.25, -0.2) is 0 Å². The lowest BCUT2D eigenvalue weighted by atomic mass is 10.0. The normalized spacial score (nSPS) is 12.8. The van der Waals surface area contributed by atoms with E-state index < -0.39 is 0 Å². The Kier molecular flexibility index (Phi) is 7.81. The van der Waals surface area contributed by atoms with Gasteiger partial charge in [0.2, 0.25) is 5.91 Å². The molecule has 0 saturated carbocycles. The molecule has 2 heteroatoms. The van der Waals surface area contributed by atoms with Crippen LogP contribution in [0.2, 0.25) is 0 Å². The molecule has 0 heterocycles. The summed E-state index contributed by atoms with van der Waals surface area (Å²) in [5.74, 6) is 0.530. The van der Waals surface area contributed by atoms with Crippen LogP contribution in [0.5, 0.6) is 0 Å². The van der Waals surface area contributed by atoms with E-state index in [-0.39, 0.29) is 11.9 Å². The Morgan fingerprint density at radius 2 is 1.81 bits per heavy atom. The SMILES string of the molecule is CCCCCC(C)NC(=O)/C=C/c1ccc(C(C)C)cc1. The van der Waals surface area contributed by atoms with Gasteiger partial charge in [-0.15, -0.1) is 0 Å². The van der Waals surface area contributed by atoms with E-state index in [2.05, 4.69) is 57.3 Å². The summed E-state index contributed by atoms with van der Waals surface area (Å²) in [6.45, 7) is 8.62. The highest BCUT2D eigenvalue weighted by atomic mass is 16.1. The highest BCUT2D eigenvalue weighted by Gasteiger charge is 2.04. The Hall–Kier alpha value is -1.57. The van der Waals surface area contributed by atoms with Gasteiger partial charge in [0, 0.05) is 12.1 Å². The number of carbonyl (C=O) groups excluding carboxylic acids is 1. The number of carbonyl (C=O) groups is 1. The molecule has 116 valence electrons. The Morgan fingerprint density at radius 3 is 2.38 bits per heavy atom. The molecule has 0 aliphatic heterocycles. The maximum Gasteiger partial charge on any atom is 0.244 e. The maximum absolute atomic E-state index is 11.8. The predicted molar refractivity (Wildman–Crippen MR) is 91.3 cm³/mol. The summed E-state index contributed by atoms with van der Waals surface area (Å²) in [6, 6.07) is 8.61. The van der Waals surface area contributed by atoms with Crippen molar-refractivity contribution >= 4 is 12.0 Å². The van der Waals surface area contributed by atoms with Crippen molar-refractivity contribution in [3.63, 3.8) is 0 Å². The standard InChI is InChI=1S/C19H29NO/c1-5-6-7-8-16(4)20-19(21)14-11-17-9-12-18(13-10-17)15(2)3/h9-16H,5-8H2,1-4H3,(H,20,21)/b14-11+. The molecule has 1 N–H and O–H groups in total. The number of hydrogen-bond donors (Lipinski definition) is 1. The first-order valence-corrected chi connectivity index (χ1v) is 8.11. The Bertz CT molecular complexity index is 445. The van der Waals surface area contributed by atoms with Gasteiger partial charge >= 0.3 is 0 Å². The minimum Gasteiger partial charge on any atom is -0.350 e. The smallest absolute Gasteiger partial charge is 0.244 e. The lowest BCUT2D eigenvalue weighted by Gasteiger charge is -2.11. The molecule has 1 amide bonds. The largest absolute Gasteiger partial charge is 0.350 e. The van der Waals surface area contributed by atoms with Crippen LogP contribution < -0.4 is 5.32 Å². The number of hydrogen-bond acceptors (Lipinski definition) is 1. The summed E-state index contributed by atoms with van der Waals surface area (Å²) in [5, 5.41) is 3.01. The number of nitrogens with one attached hydrogen (secondary N) is 1. The zero-order chi connectivity index (χ0) is 15.7. The quantitative estimate of drug-likeness (QED) is 0.534. The van der Waals surface area contributed by atoms with E-state index in [1.54, 1.807) is 6.08 Å². The zero-order valence-corrected chi connectivity index (χ0v) is 13.9. The Labute approximate surface area is 129 Å². The third-order valence-corrected chi connectivity index (χ3v) is 3.66. The van der Waals surface area contributed by atoms with Gasteiger partial charge in [0.15, 0.2) is 0 Å². The topological polar surface area (TPSA) is 29.1 Å². The third kappa shape index (κ3) is 7.12. The third-order valence-electron chi connectivity index (χ3n) is 3.66. The van der Waals surface area contributed by atoms with E-state index in [9.17, 15) is 4.79 Å².